The van der Waals surface area contributed by atoms with Gasteiger partial charge in [0.1, 0.15) is 5.76 Å². The lowest BCUT2D eigenvalue weighted by molar-refractivity contribution is 0.474. The SMILES string of the molecule is CCC(N)C(Sc1ccccc1C)c1ccco1. The Morgan fingerprint density at radius 1 is 1.22 bits per heavy atom. The van der Waals surface area contributed by atoms with E-state index in [1.807, 2.05) is 12.1 Å². The van der Waals surface area contributed by atoms with Crippen molar-refractivity contribution in [3.63, 3.8) is 0 Å². The van der Waals surface area contributed by atoms with Crippen LogP contribution in [0, 0.1) is 6.92 Å². The van der Waals surface area contributed by atoms with Crippen molar-refractivity contribution in [2.24, 2.45) is 5.73 Å². The lowest BCUT2D eigenvalue weighted by Crippen LogP contribution is -2.25. The van der Waals surface area contributed by atoms with Crippen molar-refractivity contribution >= 4 is 11.8 Å². The summed E-state index contributed by atoms with van der Waals surface area (Å²) in [5, 5.41) is 0.172. The zero-order chi connectivity index (χ0) is 13.0. The fourth-order valence-corrected chi connectivity index (χ4v) is 3.15. The maximum Gasteiger partial charge on any atom is 0.118 e. The van der Waals surface area contributed by atoms with E-state index < -0.39 is 0 Å². The number of rotatable bonds is 5. The van der Waals surface area contributed by atoms with Crippen LogP contribution in [0.3, 0.4) is 0 Å². The third kappa shape index (κ3) is 2.98. The monoisotopic (exact) mass is 261 g/mol. The quantitative estimate of drug-likeness (QED) is 0.821. The van der Waals surface area contributed by atoms with Gasteiger partial charge in [0.15, 0.2) is 0 Å². The van der Waals surface area contributed by atoms with Crippen LogP contribution in [0.5, 0.6) is 0 Å². The van der Waals surface area contributed by atoms with Crippen LogP contribution in [0.15, 0.2) is 52.0 Å². The smallest absolute Gasteiger partial charge is 0.118 e. The Balaban J connectivity index is 2.24. The van der Waals surface area contributed by atoms with Crippen molar-refractivity contribution < 1.29 is 4.42 Å². The third-order valence-corrected chi connectivity index (χ3v) is 4.58. The lowest BCUT2D eigenvalue weighted by Gasteiger charge is -2.21. The second-order valence-corrected chi connectivity index (χ2v) is 5.57. The van der Waals surface area contributed by atoms with Gasteiger partial charge in [0.2, 0.25) is 0 Å². The Bertz CT molecular complexity index is 481. The minimum absolute atomic E-state index is 0.0979. The minimum Gasteiger partial charge on any atom is -0.468 e. The van der Waals surface area contributed by atoms with E-state index in [1.165, 1.54) is 10.5 Å². The summed E-state index contributed by atoms with van der Waals surface area (Å²) in [6.07, 6.45) is 2.65. The molecule has 0 aliphatic heterocycles. The van der Waals surface area contributed by atoms with Gasteiger partial charge in [-0.25, -0.2) is 0 Å². The first-order chi connectivity index (χ1) is 8.72. The molecular weight excluding hydrogens is 242 g/mol. The highest BCUT2D eigenvalue weighted by molar-refractivity contribution is 7.99. The molecule has 2 N–H and O–H groups in total. The van der Waals surface area contributed by atoms with Gasteiger partial charge in [0.25, 0.3) is 0 Å². The van der Waals surface area contributed by atoms with Gasteiger partial charge < -0.3 is 10.2 Å². The number of hydrogen-bond donors (Lipinski definition) is 1. The predicted molar refractivity (Wildman–Crippen MR) is 76.8 cm³/mol. The molecule has 2 nitrogen and oxygen atoms in total. The van der Waals surface area contributed by atoms with E-state index in [0.717, 1.165) is 12.2 Å². The molecular formula is C15H19NOS. The second-order valence-electron chi connectivity index (χ2n) is 4.39. The van der Waals surface area contributed by atoms with E-state index in [4.69, 9.17) is 10.2 Å². The molecule has 0 radical (unpaired) electrons. The van der Waals surface area contributed by atoms with Gasteiger partial charge >= 0.3 is 0 Å². The molecule has 1 aromatic carbocycles. The molecule has 2 rings (SSSR count). The Morgan fingerprint density at radius 2 is 2.00 bits per heavy atom. The van der Waals surface area contributed by atoms with E-state index in [-0.39, 0.29) is 11.3 Å². The maximum absolute atomic E-state index is 6.23. The topological polar surface area (TPSA) is 39.2 Å². The summed E-state index contributed by atoms with van der Waals surface area (Å²) in [5.74, 6) is 0.956. The molecule has 0 bridgehead atoms. The van der Waals surface area contributed by atoms with E-state index in [2.05, 4.69) is 38.1 Å². The summed E-state index contributed by atoms with van der Waals surface area (Å²) >= 11 is 1.79. The average molecular weight is 261 g/mol. The van der Waals surface area contributed by atoms with Crippen molar-refractivity contribution in [1.29, 1.82) is 0 Å². The molecule has 0 aliphatic carbocycles. The number of furan rings is 1. The molecule has 2 atom stereocenters. The summed E-state index contributed by atoms with van der Waals surface area (Å²) in [6.45, 7) is 4.23. The van der Waals surface area contributed by atoms with Crippen molar-refractivity contribution in [2.75, 3.05) is 0 Å². The van der Waals surface area contributed by atoms with E-state index in [9.17, 15) is 0 Å². The molecule has 1 heterocycles. The Labute approximate surface area is 113 Å². The molecule has 0 saturated carbocycles. The second kappa shape index (κ2) is 6.12. The molecule has 96 valence electrons. The van der Waals surface area contributed by atoms with Gasteiger partial charge in [0, 0.05) is 10.9 Å². The predicted octanol–water partition coefficient (Wildman–Crippen LogP) is 4.16. The number of benzene rings is 1. The molecule has 2 unspecified atom stereocenters. The summed E-state index contributed by atoms with van der Waals surface area (Å²) in [4.78, 5) is 1.27. The zero-order valence-corrected chi connectivity index (χ0v) is 11.6. The fraction of sp³-hybridized carbons (Fsp3) is 0.333. The highest BCUT2D eigenvalue weighted by atomic mass is 32.2. The van der Waals surface area contributed by atoms with Gasteiger partial charge in [-0.05, 0) is 37.1 Å². The van der Waals surface area contributed by atoms with Crippen LogP contribution in [0.2, 0.25) is 0 Å². The van der Waals surface area contributed by atoms with Gasteiger partial charge in [-0.3, -0.25) is 0 Å². The van der Waals surface area contributed by atoms with Crippen LogP contribution in [-0.2, 0) is 0 Å². The number of thioether (sulfide) groups is 1. The molecule has 3 heteroatoms. The Hall–Kier alpha value is -1.19. The highest BCUT2D eigenvalue weighted by Gasteiger charge is 2.22. The largest absolute Gasteiger partial charge is 0.468 e. The number of hydrogen-bond acceptors (Lipinski definition) is 3. The first-order valence-corrected chi connectivity index (χ1v) is 7.11. The molecule has 0 fully saturated rings. The van der Waals surface area contributed by atoms with Crippen molar-refractivity contribution in [1.82, 2.24) is 0 Å². The van der Waals surface area contributed by atoms with Gasteiger partial charge in [-0.1, -0.05) is 25.1 Å². The van der Waals surface area contributed by atoms with Crippen LogP contribution < -0.4 is 5.73 Å². The Morgan fingerprint density at radius 3 is 2.61 bits per heavy atom. The molecule has 2 aromatic rings. The Kier molecular flexibility index (Phi) is 4.50. The molecule has 0 aliphatic rings. The lowest BCUT2D eigenvalue weighted by atomic mass is 10.1. The molecule has 18 heavy (non-hydrogen) atoms. The minimum atomic E-state index is 0.0979. The summed E-state index contributed by atoms with van der Waals surface area (Å²) in [7, 11) is 0. The van der Waals surface area contributed by atoms with Gasteiger partial charge in [-0.2, -0.15) is 0 Å². The van der Waals surface area contributed by atoms with Gasteiger partial charge in [-0.15, -0.1) is 11.8 Å². The van der Waals surface area contributed by atoms with Crippen LogP contribution >= 0.6 is 11.8 Å². The van der Waals surface area contributed by atoms with E-state index in [0.29, 0.717) is 0 Å². The standard InChI is InChI=1S/C15H19NOS/c1-3-12(16)15(13-8-6-10-17-13)18-14-9-5-4-7-11(14)2/h4-10,12,15H,3,16H2,1-2H3. The number of nitrogens with two attached hydrogens (primary N) is 1. The first kappa shape index (κ1) is 13.2. The summed E-state index contributed by atoms with van der Waals surface area (Å²) < 4.78 is 5.53. The summed E-state index contributed by atoms with van der Waals surface area (Å²) in [6, 6.07) is 12.4. The van der Waals surface area contributed by atoms with Crippen molar-refractivity contribution in [3.05, 3.63) is 54.0 Å². The molecule has 0 amide bonds. The molecule has 1 aromatic heterocycles. The van der Waals surface area contributed by atoms with Crippen molar-refractivity contribution in [2.45, 2.75) is 36.5 Å². The van der Waals surface area contributed by atoms with E-state index in [1.54, 1.807) is 18.0 Å². The van der Waals surface area contributed by atoms with E-state index >= 15 is 0 Å². The average Bonchev–Trinajstić information content (AvgIpc) is 2.90. The van der Waals surface area contributed by atoms with Crippen molar-refractivity contribution in [3.8, 4) is 0 Å². The fourth-order valence-electron chi connectivity index (χ4n) is 1.85. The summed E-state index contributed by atoms with van der Waals surface area (Å²) in [5.41, 5.74) is 7.51. The normalized spacial score (nSPS) is 14.4. The number of aryl methyl sites for hydroxylation is 1. The third-order valence-electron chi connectivity index (χ3n) is 3.03. The van der Waals surface area contributed by atoms with Crippen LogP contribution in [-0.4, -0.2) is 6.04 Å². The first-order valence-electron chi connectivity index (χ1n) is 6.23. The highest BCUT2D eigenvalue weighted by Crippen LogP contribution is 2.39. The molecule has 0 spiro atoms. The van der Waals surface area contributed by atoms with Crippen LogP contribution in [0.1, 0.15) is 29.9 Å². The van der Waals surface area contributed by atoms with Crippen LogP contribution in [0.4, 0.5) is 0 Å². The van der Waals surface area contributed by atoms with Crippen LogP contribution in [0.25, 0.3) is 0 Å². The zero-order valence-electron chi connectivity index (χ0n) is 10.8. The molecule has 0 saturated heterocycles. The van der Waals surface area contributed by atoms with Gasteiger partial charge in [0.05, 0.1) is 11.5 Å². The maximum atomic E-state index is 6.23.